The number of thiol groups is 1. The lowest BCUT2D eigenvalue weighted by Gasteiger charge is -2.26. The fraction of sp³-hybridized carbons (Fsp3) is 0.467. The van der Waals surface area contributed by atoms with Crippen LogP contribution in [0.5, 0.6) is 0 Å². The highest BCUT2D eigenvalue weighted by atomic mass is 32.1. The van der Waals surface area contributed by atoms with E-state index in [0.717, 1.165) is 25.9 Å². The number of amides is 2. The lowest BCUT2D eigenvalue weighted by Crippen LogP contribution is -2.37. The number of benzene rings is 1. The van der Waals surface area contributed by atoms with E-state index >= 15 is 0 Å². The second-order valence-corrected chi connectivity index (χ2v) is 5.63. The number of likely N-dealkylation sites (tertiary alicyclic amines) is 1. The minimum absolute atomic E-state index is 0.0402. The molecule has 2 amide bonds. The number of nitrogens with one attached hydrogen (secondary N) is 1. The Bertz CT molecular complexity index is 530. The highest BCUT2D eigenvalue weighted by Crippen LogP contribution is 2.13. The standard InChI is InChI=1S/C15H19FN2O2S/c16-13-5-4-11(21)10-12(13)15(20)17-7-6-14(19)18-8-2-1-3-9-18/h4-5,10,21H,1-3,6-9H2,(H,17,20). The Morgan fingerprint density at radius 2 is 1.95 bits per heavy atom. The van der Waals surface area contributed by atoms with Crippen molar-refractivity contribution in [3.8, 4) is 0 Å². The van der Waals surface area contributed by atoms with Crippen LogP contribution >= 0.6 is 12.6 Å². The van der Waals surface area contributed by atoms with Crippen LogP contribution in [-0.2, 0) is 4.79 Å². The maximum absolute atomic E-state index is 13.5. The predicted octanol–water partition coefficient (Wildman–Crippen LogP) is 2.25. The summed E-state index contributed by atoms with van der Waals surface area (Å²) in [5, 5.41) is 2.58. The van der Waals surface area contributed by atoms with Gasteiger partial charge in [0.15, 0.2) is 0 Å². The number of piperidine rings is 1. The third-order valence-electron chi connectivity index (χ3n) is 3.53. The SMILES string of the molecule is O=C(NCCC(=O)N1CCCCC1)c1cc(S)ccc1F. The summed E-state index contributed by atoms with van der Waals surface area (Å²) in [5.41, 5.74) is -0.0482. The number of hydrogen-bond donors (Lipinski definition) is 2. The first kappa shape index (κ1) is 15.8. The molecule has 4 nitrogen and oxygen atoms in total. The van der Waals surface area contributed by atoms with Gasteiger partial charge < -0.3 is 10.2 Å². The summed E-state index contributed by atoms with van der Waals surface area (Å²) in [4.78, 5) is 26.1. The van der Waals surface area contributed by atoms with E-state index in [1.54, 1.807) is 0 Å². The second kappa shape index (κ2) is 7.45. The molecule has 1 aromatic rings. The molecule has 6 heteroatoms. The molecule has 0 aliphatic carbocycles. The van der Waals surface area contributed by atoms with Crippen molar-refractivity contribution in [2.45, 2.75) is 30.6 Å². The molecule has 0 atom stereocenters. The van der Waals surface area contributed by atoms with E-state index in [1.807, 2.05) is 4.90 Å². The van der Waals surface area contributed by atoms with Crippen LogP contribution in [0, 0.1) is 5.82 Å². The Hall–Kier alpha value is -1.56. The molecule has 1 N–H and O–H groups in total. The van der Waals surface area contributed by atoms with Crippen molar-refractivity contribution in [1.82, 2.24) is 10.2 Å². The summed E-state index contributed by atoms with van der Waals surface area (Å²) in [5.74, 6) is -1.07. The van der Waals surface area contributed by atoms with Crippen LogP contribution in [0.3, 0.4) is 0 Å². The molecule has 1 aliphatic heterocycles. The van der Waals surface area contributed by atoms with Crippen molar-refractivity contribution in [2.75, 3.05) is 19.6 Å². The van der Waals surface area contributed by atoms with Gasteiger partial charge in [0.05, 0.1) is 5.56 Å². The topological polar surface area (TPSA) is 49.4 Å². The Morgan fingerprint density at radius 3 is 2.67 bits per heavy atom. The van der Waals surface area contributed by atoms with Gasteiger partial charge in [-0.3, -0.25) is 9.59 Å². The fourth-order valence-electron chi connectivity index (χ4n) is 2.37. The number of hydrogen-bond acceptors (Lipinski definition) is 3. The van der Waals surface area contributed by atoms with Gasteiger partial charge in [0, 0.05) is 31.0 Å². The van der Waals surface area contributed by atoms with Crippen LogP contribution in [0.25, 0.3) is 0 Å². The molecule has 0 spiro atoms. The lowest BCUT2D eigenvalue weighted by atomic mass is 10.1. The Kier molecular flexibility index (Phi) is 5.61. The predicted molar refractivity (Wildman–Crippen MR) is 81.0 cm³/mol. The molecule has 0 radical (unpaired) electrons. The van der Waals surface area contributed by atoms with E-state index in [1.165, 1.54) is 24.6 Å². The maximum atomic E-state index is 13.5. The zero-order valence-electron chi connectivity index (χ0n) is 11.8. The molecule has 1 aromatic carbocycles. The van der Waals surface area contributed by atoms with Gasteiger partial charge in [-0.2, -0.15) is 0 Å². The minimum atomic E-state index is -0.590. The molecule has 0 unspecified atom stereocenters. The van der Waals surface area contributed by atoms with Crippen LogP contribution in [-0.4, -0.2) is 36.3 Å². The summed E-state index contributed by atoms with van der Waals surface area (Å²) in [6.07, 6.45) is 3.49. The monoisotopic (exact) mass is 310 g/mol. The van der Waals surface area contributed by atoms with Crippen LogP contribution in [0.15, 0.2) is 23.1 Å². The molecular formula is C15H19FN2O2S. The molecule has 1 fully saturated rings. The Morgan fingerprint density at radius 1 is 1.24 bits per heavy atom. The van der Waals surface area contributed by atoms with Crippen molar-refractivity contribution < 1.29 is 14.0 Å². The minimum Gasteiger partial charge on any atom is -0.351 e. The van der Waals surface area contributed by atoms with Gasteiger partial charge in [-0.1, -0.05) is 0 Å². The van der Waals surface area contributed by atoms with Crippen molar-refractivity contribution >= 4 is 24.4 Å². The Labute approximate surface area is 129 Å². The maximum Gasteiger partial charge on any atom is 0.254 e. The lowest BCUT2D eigenvalue weighted by molar-refractivity contribution is -0.131. The summed E-state index contributed by atoms with van der Waals surface area (Å²) in [6, 6.07) is 4.06. The van der Waals surface area contributed by atoms with Crippen LogP contribution in [0.2, 0.25) is 0 Å². The van der Waals surface area contributed by atoms with Gasteiger partial charge >= 0.3 is 0 Å². The van der Waals surface area contributed by atoms with Crippen molar-refractivity contribution in [3.63, 3.8) is 0 Å². The van der Waals surface area contributed by atoms with Crippen LogP contribution in [0.4, 0.5) is 4.39 Å². The fourth-order valence-corrected chi connectivity index (χ4v) is 2.57. The number of carbonyl (C=O) groups is 2. The van der Waals surface area contributed by atoms with Gasteiger partial charge in [0.1, 0.15) is 5.82 Å². The van der Waals surface area contributed by atoms with E-state index in [4.69, 9.17) is 0 Å². The summed E-state index contributed by atoms with van der Waals surface area (Å²) >= 11 is 4.08. The molecular weight excluding hydrogens is 291 g/mol. The zero-order chi connectivity index (χ0) is 15.2. The molecule has 2 rings (SSSR count). The molecule has 1 saturated heterocycles. The van der Waals surface area contributed by atoms with Gasteiger partial charge in [-0.05, 0) is 37.5 Å². The molecule has 114 valence electrons. The van der Waals surface area contributed by atoms with E-state index in [9.17, 15) is 14.0 Å². The second-order valence-electron chi connectivity index (χ2n) is 5.11. The highest BCUT2D eigenvalue weighted by Gasteiger charge is 2.17. The van der Waals surface area contributed by atoms with Crippen molar-refractivity contribution in [3.05, 3.63) is 29.6 Å². The van der Waals surface area contributed by atoms with Crippen LogP contribution < -0.4 is 5.32 Å². The van der Waals surface area contributed by atoms with E-state index in [2.05, 4.69) is 17.9 Å². The summed E-state index contributed by atoms with van der Waals surface area (Å²) in [7, 11) is 0. The highest BCUT2D eigenvalue weighted by molar-refractivity contribution is 7.80. The zero-order valence-corrected chi connectivity index (χ0v) is 12.7. The molecule has 21 heavy (non-hydrogen) atoms. The number of rotatable bonds is 4. The van der Waals surface area contributed by atoms with Crippen molar-refractivity contribution in [2.24, 2.45) is 0 Å². The van der Waals surface area contributed by atoms with Gasteiger partial charge in [0.2, 0.25) is 5.91 Å². The molecule has 1 heterocycles. The first-order valence-corrected chi connectivity index (χ1v) is 7.57. The smallest absolute Gasteiger partial charge is 0.254 e. The van der Waals surface area contributed by atoms with E-state index in [-0.39, 0.29) is 24.4 Å². The first-order chi connectivity index (χ1) is 10.1. The van der Waals surface area contributed by atoms with Crippen molar-refractivity contribution in [1.29, 1.82) is 0 Å². The number of halogens is 1. The largest absolute Gasteiger partial charge is 0.351 e. The van der Waals surface area contributed by atoms with Gasteiger partial charge in [0.25, 0.3) is 5.91 Å². The molecule has 0 saturated carbocycles. The quantitative estimate of drug-likeness (QED) is 0.838. The number of carbonyl (C=O) groups excluding carboxylic acids is 2. The summed E-state index contributed by atoms with van der Waals surface area (Å²) < 4.78 is 13.5. The average molecular weight is 310 g/mol. The third-order valence-corrected chi connectivity index (χ3v) is 3.81. The molecule has 0 bridgehead atoms. The van der Waals surface area contributed by atoms with Gasteiger partial charge in [-0.25, -0.2) is 4.39 Å². The normalized spacial score (nSPS) is 14.9. The summed E-state index contributed by atoms with van der Waals surface area (Å²) in [6.45, 7) is 1.80. The Balaban J connectivity index is 1.81. The average Bonchev–Trinajstić information content (AvgIpc) is 2.50. The van der Waals surface area contributed by atoms with E-state index in [0.29, 0.717) is 4.90 Å². The third kappa shape index (κ3) is 4.46. The van der Waals surface area contributed by atoms with E-state index < -0.39 is 11.7 Å². The molecule has 0 aromatic heterocycles. The van der Waals surface area contributed by atoms with Gasteiger partial charge in [-0.15, -0.1) is 12.6 Å². The van der Waals surface area contributed by atoms with Crippen LogP contribution in [0.1, 0.15) is 36.0 Å². The molecule has 1 aliphatic rings. The first-order valence-electron chi connectivity index (χ1n) is 7.12. The number of nitrogens with zero attached hydrogens (tertiary/aromatic N) is 1.